The van der Waals surface area contributed by atoms with E-state index in [1.165, 1.54) is 14.0 Å². The van der Waals surface area contributed by atoms with Gasteiger partial charge in [0, 0.05) is 14.0 Å². The third kappa shape index (κ3) is 3.92. The van der Waals surface area contributed by atoms with Crippen molar-refractivity contribution >= 4 is 0 Å². The standard InChI is InChI=1S/C4H8O2/c1-4(2,5)6-3/h1H2,2-3H3. The molecule has 0 saturated carbocycles. The normalized spacial score (nSPS) is 12.0. The molecule has 0 spiro atoms. The molecule has 2 nitrogen and oxygen atoms in total. The van der Waals surface area contributed by atoms with Gasteiger partial charge in [-0.25, -0.2) is 0 Å². The molecule has 2 radical (unpaired) electrons. The highest BCUT2D eigenvalue weighted by molar-refractivity contribution is 4.57. The van der Waals surface area contributed by atoms with E-state index >= 15 is 0 Å². The average Bonchev–Trinajstić information content (AvgIpc) is 1.35. The van der Waals surface area contributed by atoms with Crippen LogP contribution in [0.25, 0.3) is 0 Å². The molecule has 0 N–H and O–H groups in total. The number of methoxy groups -OCH3 is 1. The minimum absolute atomic E-state index is 1.33. The highest BCUT2D eigenvalue weighted by Crippen LogP contribution is 1.98. The lowest BCUT2D eigenvalue weighted by Gasteiger charge is -2.08. The Morgan fingerprint density at radius 1 is 1.83 bits per heavy atom. The molecular formula is C4H8O2. The summed E-state index contributed by atoms with van der Waals surface area (Å²) in [6.45, 7) is 4.47. The summed E-state index contributed by atoms with van der Waals surface area (Å²) in [6.07, 6.45) is 0. The molecule has 0 aliphatic rings. The van der Waals surface area contributed by atoms with Gasteiger partial charge in [0.05, 0.1) is 0 Å². The average molecular weight is 88.1 g/mol. The summed E-state index contributed by atoms with van der Waals surface area (Å²) in [6, 6.07) is 0. The third-order valence-corrected chi connectivity index (χ3v) is 0.432. The first kappa shape index (κ1) is 5.92. The summed E-state index contributed by atoms with van der Waals surface area (Å²) in [5, 5.41) is 10.1. The van der Waals surface area contributed by atoms with Crippen molar-refractivity contribution in [2.24, 2.45) is 0 Å². The molecule has 0 aliphatic heterocycles. The van der Waals surface area contributed by atoms with E-state index in [0.29, 0.717) is 0 Å². The maximum atomic E-state index is 10.1. The molecule has 6 heavy (non-hydrogen) atoms. The minimum atomic E-state index is -1.46. The molecule has 0 aromatic heterocycles. The van der Waals surface area contributed by atoms with Crippen molar-refractivity contribution in [3.63, 3.8) is 0 Å². The highest BCUT2D eigenvalue weighted by Gasteiger charge is 2.10. The van der Waals surface area contributed by atoms with E-state index in [9.17, 15) is 5.11 Å². The van der Waals surface area contributed by atoms with Gasteiger partial charge in [-0.3, -0.25) is 0 Å². The van der Waals surface area contributed by atoms with Gasteiger partial charge in [0.15, 0.2) is 5.79 Å². The van der Waals surface area contributed by atoms with Crippen LogP contribution in [0.15, 0.2) is 0 Å². The van der Waals surface area contributed by atoms with E-state index in [1.54, 1.807) is 0 Å². The van der Waals surface area contributed by atoms with E-state index < -0.39 is 5.79 Å². The van der Waals surface area contributed by atoms with Crippen LogP contribution < -0.4 is 0 Å². The first-order chi connectivity index (χ1) is 2.56. The number of hydrogen-bond acceptors (Lipinski definition) is 1. The van der Waals surface area contributed by atoms with Crippen molar-refractivity contribution in [2.45, 2.75) is 12.7 Å². The number of hydrogen-bond donors (Lipinski definition) is 0. The van der Waals surface area contributed by atoms with Crippen LogP contribution in [0.2, 0.25) is 0 Å². The van der Waals surface area contributed by atoms with Crippen LogP contribution in [-0.4, -0.2) is 12.9 Å². The van der Waals surface area contributed by atoms with Crippen LogP contribution in [0.1, 0.15) is 6.92 Å². The van der Waals surface area contributed by atoms with E-state index in [0.717, 1.165) is 0 Å². The molecule has 0 aliphatic carbocycles. The van der Waals surface area contributed by atoms with Crippen molar-refractivity contribution in [1.29, 1.82) is 0 Å². The number of rotatable bonds is 1. The summed E-state index contributed by atoms with van der Waals surface area (Å²) in [5.41, 5.74) is 0. The van der Waals surface area contributed by atoms with Crippen LogP contribution in [0.4, 0.5) is 0 Å². The zero-order chi connectivity index (χ0) is 5.21. The maximum absolute atomic E-state index is 10.1. The Labute approximate surface area is 37.7 Å². The summed E-state index contributed by atoms with van der Waals surface area (Å²) >= 11 is 0. The van der Waals surface area contributed by atoms with Gasteiger partial charge in [-0.15, -0.1) is 0 Å². The second kappa shape index (κ2) is 1.58. The molecule has 1 atom stereocenters. The molecule has 2 heteroatoms. The fourth-order valence-corrected chi connectivity index (χ4v) is 0. The van der Waals surface area contributed by atoms with Gasteiger partial charge in [0.2, 0.25) is 0 Å². The molecule has 1 unspecified atom stereocenters. The van der Waals surface area contributed by atoms with Gasteiger partial charge in [-0.05, 0) is 6.92 Å². The second-order valence-electron chi connectivity index (χ2n) is 1.34. The molecule has 0 aromatic carbocycles. The smallest absolute Gasteiger partial charge is 0.198 e. The molecule has 0 aromatic rings. The van der Waals surface area contributed by atoms with E-state index in [1.807, 2.05) is 0 Å². The first-order valence-corrected chi connectivity index (χ1v) is 1.67. The van der Waals surface area contributed by atoms with Crippen LogP contribution in [-0.2, 0) is 9.84 Å². The van der Waals surface area contributed by atoms with Gasteiger partial charge in [0.25, 0.3) is 0 Å². The fraction of sp³-hybridized carbons (Fsp3) is 0.750. The second-order valence-corrected chi connectivity index (χ2v) is 1.34. The lowest BCUT2D eigenvalue weighted by Crippen LogP contribution is -2.18. The van der Waals surface area contributed by atoms with Gasteiger partial charge >= 0.3 is 0 Å². The molecule has 0 heterocycles. The van der Waals surface area contributed by atoms with Crippen molar-refractivity contribution in [3.05, 3.63) is 6.92 Å². The van der Waals surface area contributed by atoms with Crippen molar-refractivity contribution in [3.8, 4) is 0 Å². The van der Waals surface area contributed by atoms with Crippen LogP contribution in [0, 0.1) is 6.92 Å². The molecule has 0 amide bonds. The van der Waals surface area contributed by atoms with E-state index in [4.69, 9.17) is 0 Å². The summed E-state index contributed by atoms with van der Waals surface area (Å²) in [5.74, 6) is -1.46. The lowest BCUT2D eigenvalue weighted by molar-refractivity contribution is -0.176. The lowest BCUT2D eigenvalue weighted by atomic mass is 10.4. The highest BCUT2D eigenvalue weighted by atomic mass is 16.6. The molecule has 0 rings (SSSR count). The van der Waals surface area contributed by atoms with Gasteiger partial charge in [0.1, 0.15) is 0 Å². The fourth-order valence-electron chi connectivity index (χ4n) is 0. The predicted octanol–water partition coefficient (Wildman–Crippen LogP) is 0.614. The monoisotopic (exact) mass is 88.1 g/mol. The zero-order valence-corrected chi connectivity index (χ0v) is 4.02. The zero-order valence-electron chi connectivity index (χ0n) is 4.02. The Bertz CT molecular complexity index is 35.3. The topological polar surface area (TPSA) is 29.1 Å². The molecule has 0 saturated heterocycles. The van der Waals surface area contributed by atoms with Crippen molar-refractivity contribution in [1.82, 2.24) is 0 Å². The summed E-state index contributed by atoms with van der Waals surface area (Å²) < 4.78 is 4.27. The Balaban J connectivity index is 3.17. The molecule has 0 fully saturated rings. The molecule has 0 bridgehead atoms. The van der Waals surface area contributed by atoms with Crippen LogP contribution in [0.3, 0.4) is 0 Å². The Kier molecular flexibility index (Phi) is 1.56. The van der Waals surface area contributed by atoms with E-state index in [2.05, 4.69) is 11.7 Å². The largest absolute Gasteiger partial charge is 0.351 e. The van der Waals surface area contributed by atoms with Crippen molar-refractivity contribution in [2.75, 3.05) is 7.11 Å². The van der Waals surface area contributed by atoms with Crippen molar-refractivity contribution < 1.29 is 9.84 Å². The maximum Gasteiger partial charge on any atom is 0.198 e. The van der Waals surface area contributed by atoms with Crippen LogP contribution >= 0.6 is 0 Å². The molecule has 36 valence electrons. The summed E-state index contributed by atoms with van der Waals surface area (Å²) in [4.78, 5) is 0. The van der Waals surface area contributed by atoms with Gasteiger partial charge in [-0.2, -0.15) is 5.11 Å². The minimum Gasteiger partial charge on any atom is -0.351 e. The third-order valence-electron chi connectivity index (χ3n) is 0.432. The van der Waals surface area contributed by atoms with E-state index in [-0.39, 0.29) is 0 Å². The molecular weight excluding hydrogens is 80.0 g/mol. The Hall–Kier alpha value is -0.0800. The number of ether oxygens (including phenoxy) is 1. The van der Waals surface area contributed by atoms with Gasteiger partial charge in [-0.1, -0.05) is 0 Å². The Morgan fingerprint density at radius 2 is 2.00 bits per heavy atom. The first-order valence-electron chi connectivity index (χ1n) is 1.67. The van der Waals surface area contributed by atoms with Crippen LogP contribution in [0.5, 0.6) is 0 Å². The summed E-state index contributed by atoms with van der Waals surface area (Å²) in [7, 11) is 1.33. The van der Waals surface area contributed by atoms with Gasteiger partial charge < -0.3 is 4.74 Å². The predicted molar refractivity (Wildman–Crippen MR) is 21.5 cm³/mol. The quantitative estimate of drug-likeness (QED) is 0.432. The Morgan fingerprint density at radius 3 is 2.00 bits per heavy atom. The SMILES string of the molecule is [CH2]C(C)([O])OC.